The molecule has 3 rings (SSSR count). The minimum atomic E-state index is -0.207. The van der Waals surface area contributed by atoms with Crippen LogP contribution >= 0.6 is 0 Å². The minimum absolute atomic E-state index is 0.207. The summed E-state index contributed by atoms with van der Waals surface area (Å²) in [5.41, 5.74) is 1.04. The van der Waals surface area contributed by atoms with Crippen molar-refractivity contribution in [2.75, 3.05) is 13.2 Å². The van der Waals surface area contributed by atoms with Crippen LogP contribution < -0.4 is 0 Å². The fourth-order valence-corrected chi connectivity index (χ4v) is 3.94. The first kappa shape index (κ1) is 13.8. The summed E-state index contributed by atoms with van der Waals surface area (Å²) in [6.45, 7) is 1.50. The number of hydrogen-bond acceptors (Lipinski definition) is 2. The van der Waals surface area contributed by atoms with Crippen molar-refractivity contribution in [1.82, 2.24) is 0 Å². The molecule has 1 aromatic carbocycles. The zero-order valence-corrected chi connectivity index (χ0v) is 12.1. The minimum Gasteiger partial charge on any atom is -0.381 e. The third kappa shape index (κ3) is 2.54. The van der Waals surface area contributed by atoms with Gasteiger partial charge in [-0.15, -0.1) is 0 Å². The molecule has 20 heavy (non-hydrogen) atoms. The summed E-state index contributed by atoms with van der Waals surface area (Å²) in [4.78, 5) is 13.2. The van der Waals surface area contributed by atoms with E-state index in [1.165, 1.54) is 24.8 Å². The van der Waals surface area contributed by atoms with Crippen LogP contribution in [0.15, 0.2) is 30.3 Å². The Balaban J connectivity index is 1.91. The molecule has 1 aromatic rings. The van der Waals surface area contributed by atoms with Crippen LogP contribution in [0.1, 0.15) is 50.5 Å². The first-order valence-corrected chi connectivity index (χ1v) is 8.00. The van der Waals surface area contributed by atoms with Gasteiger partial charge in [-0.2, -0.15) is 0 Å². The van der Waals surface area contributed by atoms with Gasteiger partial charge < -0.3 is 4.74 Å². The van der Waals surface area contributed by atoms with Gasteiger partial charge in [-0.1, -0.05) is 49.6 Å². The van der Waals surface area contributed by atoms with E-state index >= 15 is 0 Å². The molecule has 1 aliphatic heterocycles. The molecule has 2 aliphatic rings. The van der Waals surface area contributed by atoms with Crippen LogP contribution in [-0.4, -0.2) is 19.0 Å². The Hall–Kier alpha value is -1.15. The highest BCUT2D eigenvalue weighted by Gasteiger charge is 2.43. The lowest BCUT2D eigenvalue weighted by Crippen LogP contribution is -2.43. The molecule has 2 fully saturated rings. The van der Waals surface area contributed by atoms with Crippen molar-refractivity contribution in [3.8, 4) is 0 Å². The molecule has 0 atom stereocenters. The predicted octanol–water partition coefficient (Wildman–Crippen LogP) is 3.88. The van der Waals surface area contributed by atoms with Crippen LogP contribution in [0, 0.1) is 5.92 Å². The summed E-state index contributed by atoms with van der Waals surface area (Å²) in [7, 11) is 0. The lowest BCUT2D eigenvalue weighted by molar-refractivity contribution is -0.132. The van der Waals surface area contributed by atoms with Crippen molar-refractivity contribution in [3.05, 3.63) is 35.9 Å². The highest BCUT2D eigenvalue weighted by Crippen LogP contribution is 2.43. The molecule has 0 amide bonds. The Bertz CT molecular complexity index is 440. The van der Waals surface area contributed by atoms with Crippen molar-refractivity contribution < 1.29 is 9.53 Å². The highest BCUT2D eigenvalue weighted by molar-refractivity contribution is 5.92. The first-order valence-electron chi connectivity index (χ1n) is 8.00. The second kappa shape index (κ2) is 6.09. The molecule has 0 aromatic heterocycles. The Morgan fingerprint density at radius 3 is 2.30 bits per heavy atom. The van der Waals surface area contributed by atoms with Gasteiger partial charge in [-0.05, 0) is 31.2 Å². The van der Waals surface area contributed by atoms with E-state index in [1.807, 2.05) is 6.07 Å². The van der Waals surface area contributed by atoms with Gasteiger partial charge in [0.2, 0.25) is 0 Å². The van der Waals surface area contributed by atoms with Crippen molar-refractivity contribution in [2.24, 2.45) is 5.92 Å². The molecule has 0 spiro atoms. The number of carbonyl (C=O) groups excluding carboxylic acids is 1. The molecule has 1 aliphatic carbocycles. The lowest BCUT2D eigenvalue weighted by atomic mass is 9.63. The summed E-state index contributed by atoms with van der Waals surface area (Å²) >= 11 is 0. The summed E-state index contributed by atoms with van der Waals surface area (Å²) in [5, 5.41) is 0. The molecule has 0 radical (unpaired) electrons. The van der Waals surface area contributed by atoms with E-state index in [9.17, 15) is 4.79 Å². The number of rotatable bonds is 3. The normalized spacial score (nSPS) is 23.4. The molecular weight excluding hydrogens is 248 g/mol. The molecule has 0 N–H and O–H groups in total. The number of Topliss-reactive ketones (excluding diaryl/α,β-unsaturated/α-hetero) is 1. The smallest absolute Gasteiger partial charge is 0.146 e. The predicted molar refractivity (Wildman–Crippen MR) is 79.8 cm³/mol. The summed E-state index contributed by atoms with van der Waals surface area (Å²) in [6.07, 6.45) is 7.53. The highest BCUT2D eigenvalue weighted by atomic mass is 16.5. The van der Waals surface area contributed by atoms with Gasteiger partial charge >= 0.3 is 0 Å². The second-order valence-electron chi connectivity index (χ2n) is 6.26. The van der Waals surface area contributed by atoms with Crippen LogP contribution in [0.4, 0.5) is 0 Å². The zero-order chi connectivity index (χ0) is 13.8. The van der Waals surface area contributed by atoms with E-state index in [0.717, 1.165) is 38.9 Å². The molecule has 108 valence electrons. The molecule has 0 bridgehead atoms. The maximum absolute atomic E-state index is 13.2. The summed E-state index contributed by atoms with van der Waals surface area (Å²) in [5.74, 6) is 0.703. The molecule has 0 unspecified atom stereocenters. The Morgan fingerprint density at radius 2 is 1.65 bits per heavy atom. The average molecular weight is 272 g/mol. The maximum atomic E-state index is 13.2. The molecule has 2 nitrogen and oxygen atoms in total. The molecule has 1 heterocycles. The van der Waals surface area contributed by atoms with E-state index in [4.69, 9.17) is 4.74 Å². The SMILES string of the molecule is O=C(C1CCOCC1)C1(c2ccccc2)CCCCC1. The standard InChI is InChI=1S/C18H24O2/c19-17(15-9-13-20-14-10-15)18(11-5-2-6-12-18)16-7-3-1-4-8-16/h1,3-4,7-8,15H,2,5-6,9-14H2. The summed E-state index contributed by atoms with van der Waals surface area (Å²) in [6, 6.07) is 10.5. The fraction of sp³-hybridized carbons (Fsp3) is 0.611. The number of carbonyl (C=O) groups is 1. The van der Waals surface area contributed by atoms with Gasteiger partial charge in [0, 0.05) is 19.1 Å². The van der Waals surface area contributed by atoms with E-state index in [0.29, 0.717) is 5.78 Å². The van der Waals surface area contributed by atoms with Crippen molar-refractivity contribution >= 4 is 5.78 Å². The number of ketones is 1. The van der Waals surface area contributed by atoms with Crippen LogP contribution in [0.2, 0.25) is 0 Å². The van der Waals surface area contributed by atoms with Gasteiger partial charge in [0.1, 0.15) is 5.78 Å². The first-order chi connectivity index (χ1) is 9.83. The number of hydrogen-bond donors (Lipinski definition) is 0. The zero-order valence-electron chi connectivity index (χ0n) is 12.1. The van der Waals surface area contributed by atoms with Gasteiger partial charge in [-0.3, -0.25) is 4.79 Å². The van der Waals surface area contributed by atoms with Crippen LogP contribution in [0.3, 0.4) is 0 Å². The maximum Gasteiger partial charge on any atom is 0.146 e. The quantitative estimate of drug-likeness (QED) is 0.834. The second-order valence-corrected chi connectivity index (χ2v) is 6.26. The van der Waals surface area contributed by atoms with E-state index < -0.39 is 0 Å². The molecule has 1 saturated heterocycles. The average Bonchev–Trinajstić information content (AvgIpc) is 2.56. The number of benzene rings is 1. The Kier molecular flexibility index (Phi) is 4.21. The van der Waals surface area contributed by atoms with E-state index in [-0.39, 0.29) is 11.3 Å². The molecular formula is C18H24O2. The lowest BCUT2D eigenvalue weighted by Gasteiger charge is -2.39. The largest absolute Gasteiger partial charge is 0.381 e. The van der Waals surface area contributed by atoms with Crippen molar-refractivity contribution in [3.63, 3.8) is 0 Å². The monoisotopic (exact) mass is 272 g/mol. The summed E-state index contributed by atoms with van der Waals surface area (Å²) < 4.78 is 5.42. The van der Waals surface area contributed by atoms with E-state index in [1.54, 1.807) is 0 Å². The van der Waals surface area contributed by atoms with Gasteiger partial charge in [0.25, 0.3) is 0 Å². The van der Waals surface area contributed by atoms with Crippen LogP contribution in [0.25, 0.3) is 0 Å². The van der Waals surface area contributed by atoms with Crippen molar-refractivity contribution in [1.29, 1.82) is 0 Å². The molecule has 2 heteroatoms. The van der Waals surface area contributed by atoms with E-state index in [2.05, 4.69) is 24.3 Å². The third-order valence-corrected chi connectivity index (χ3v) is 5.10. The number of ether oxygens (including phenoxy) is 1. The molecule has 1 saturated carbocycles. The Morgan fingerprint density at radius 1 is 1.00 bits per heavy atom. The van der Waals surface area contributed by atoms with Crippen LogP contribution in [0.5, 0.6) is 0 Å². The van der Waals surface area contributed by atoms with Gasteiger partial charge in [0.05, 0.1) is 5.41 Å². The fourth-order valence-electron chi connectivity index (χ4n) is 3.94. The van der Waals surface area contributed by atoms with Crippen molar-refractivity contribution in [2.45, 2.75) is 50.4 Å². The van der Waals surface area contributed by atoms with Gasteiger partial charge in [0.15, 0.2) is 0 Å². The topological polar surface area (TPSA) is 26.3 Å². The van der Waals surface area contributed by atoms with Gasteiger partial charge in [-0.25, -0.2) is 0 Å². The Labute approximate surface area is 121 Å². The van der Waals surface area contributed by atoms with Crippen LogP contribution in [-0.2, 0) is 14.9 Å². The third-order valence-electron chi connectivity index (χ3n) is 5.10.